The Labute approximate surface area is 64.8 Å². The standard InChI is InChI=1S/C6H4F4N2/c7-1-2(8)4(10)6(12)5(11)3(1)9/h11-12H2. The minimum absolute atomic E-state index is 0.925. The Hall–Kier alpha value is -1.46. The van der Waals surface area contributed by atoms with Crippen LogP contribution in [0.15, 0.2) is 0 Å². The fraction of sp³-hybridized carbons (Fsp3) is 0. The van der Waals surface area contributed by atoms with Crippen molar-refractivity contribution in [3.63, 3.8) is 0 Å². The number of rotatable bonds is 0. The SMILES string of the molecule is Nc1c(N)c(F)c(F)c(F)c1F. The molecule has 0 saturated heterocycles. The molecule has 0 aliphatic heterocycles. The minimum atomic E-state index is -1.96. The average Bonchev–Trinajstić information content (AvgIpc) is 2.08. The fourth-order valence-electron chi connectivity index (χ4n) is 0.666. The zero-order valence-electron chi connectivity index (χ0n) is 5.67. The van der Waals surface area contributed by atoms with Crippen molar-refractivity contribution >= 4 is 11.4 Å². The number of anilines is 2. The summed E-state index contributed by atoms with van der Waals surface area (Å²) >= 11 is 0. The summed E-state index contributed by atoms with van der Waals surface area (Å²) in [5.74, 6) is -7.27. The Morgan fingerprint density at radius 3 is 1.08 bits per heavy atom. The molecule has 0 atom stereocenters. The lowest BCUT2D eigenvalue weighted by atomic mass is 10.2. The van der Waals surface area contributed by atoms with Gasteiger partial charge in [-0.1, -0.05) is 0 Å². The van der Waals surface area contributed by atoms with Gasteiger partial charge in [0.15, 0.2) is 23.3 Å². The molecule has 0 radical (unpaired) electrons. The Bertz CT molecular complexity index is 232. The summed E-state index contributed by atoms with van der Waals surface area (Å²) < 4.78 is 49.5. The molecule has 0 unspecified atom stereocenters. The van der Waals surface area contributed by atoms with Crippen molar-refractivity contribution in [2.45, 2.75) is 0 Å². The first-order valence-corrected chi connectivity index (χ1v) is 2.83. The van der Waals surface area contributed by atoms with Crippen molar-refractivity contribution in [3.8, 4) is 0 Å². The highest BCUT2D eigenvalue weighted by atomic mass is 19.2. The van der Waals surface area contributed by atoms with E-state index < -0.39 is 34.6 Å². The van der Waals surface area contributed by atoms with E-state index in [9.17, 15) is 17.6 Å². The fourth-order valence-corrected chi connectivity index (χ4v) is 0.666. The maximum Gasteiger partial charge on any atom is 0.199 e. The molecule has 0 amide bonds. The van der Waals surface area contributed by atoms with Crippen LogP contribution < -0.4 is 11.5 Å². The van der Waals surface area contributed by atoms with E-state index >= 15 is 0 Å². The molecule has 1 aromatic carbocycles. The van der Waals surface area contributed by atoms with Crippen LogP contribution in [0.2, 0.25) is 0 Å². The molecule has 0 aromatic heterocycles. The first-order chi connectivity index (χ1) is 5.46. The maximum atomic E-state index is 12.4. The summed E-state index contributed by atoms with van der Waals surface area (Å²) in [5.41, 5.74) is 7.76. The van der Waals surface area contributed by atoms with E-state index in [-0.39, 0.29) is 0 Å². The first kappa shape index (κ1) is 8.63. The van der Waals surface area contributed by atoms with Gasteiger partial charge in [-0.2, -0.15) is 0 Å². The number of halogens is 4. The Morgan fingerprint density at radius 2 is 0.833 bits per heavy atom. The third-order valence-electron chi connectivity index (χ3n) is 1.34. The molecule has 0 saturated carbocycles. The summed E-state index contributed by atoms with van der Waals surface area (Å²) in [6.07, 6.45) is 0. The van der Waals surface area contributed by atoms with Gasteiger partial charge in [0.25, 0.3) is 0 Å². The predicted molar refractivity (Wildman–Crippen MR) is 35.1 cm³/mol. The smallest absolute Gasteiger partial charge is 0.199 e. The van der Waals surface area contributed by atoms with Crippen LogP contribution in [0.3, 0.4) is 0 Å². The van der Waals surface area contributed by atoms with E-state index in [1.807, 2.05) is 0 Å². The second kappa shape index (κ2) is 2.54. The van der Waals surface area contributed by atoms with Gasteiger partial charge in [-0.25, -0.2) is 17.6 Å². The molecule has 0 spiro atoms. The van der Waals surface area contributed by atoms with Gasteiger partial charge < -0.3 is 11.5 Å². The molecule has 0 aliphatic rings. The van der Waals surface area contributed by atoms with Gasteiger partial charge >= 0.3 is 0 Å². The molecule has 0 heterocycles. The van der Waals surface area contributed by atoms with Crippen LogP contribution >= 0.6 is 0 Å². The van der Waals surface area contributed by atoms with E-state index in [1.54, 1.807) is 0 Å². The summed E-state index contributed by atoms with van der Waals surface area (Å²) in [6, 6.07) is 0. The van der Waals surface area contributed by atoms with Crippen LogP contribution in [-0.2, 0) is 0 Å². The third-order valence-corrected chi connectivity index (χ3v) is 1.34. The van der Waals surface area contributed by atoms with Crippen LogP contribution in [0.25, 0.3) is 0 Å². The second-order valence-electron chi connectivity index (χ2n) is 2.08. The monoisotopic (exact) mass is 180 g/mol. The molecule has 66 valence electrons. The lowest BCUT2D eigenvalue weighted by Gasteiger charge is -2.04. The number of hydrogen-bond acceptors (Lipinski definition) is 2. The second-order valence-corrected chi connectivity index (χ2v) is 2.08. The first-order valence-electron chi connectivity index (χ1n) is 2.83. The molecule has 2 nitrogen and oxygen atoms in total. The molecule has 12 heavy (non-hydrogen) atoms. The molecule has 1 rings (SSSR count). The molecular weight excluding hydrogens is 176 g/mol. The maximum absolute atomic E-state index is 12.4. The molecule has 0 bridgehead atoms. The van der Waals surface area contributed by atoms with Crippen LogP contribution in [0.4, 0.5) is 28.9 Å². The predicted octanol–water partition coefficient (Wildman–Crippen LogP) is 1.41. The lowest BCUT2D eigenvalue weighted by molar-refractivity contribution is 0.413. The zero-order valence-corrected chi connectivity index (χ0v) is 5.67. The van der Waals surface area contributed by atoms with Crippen LogP contribution in [0, 0.1) is 23.3 Å². The van der Waals surface area contributed by atoms with E-state index in [0.29, 0.717) is 0 Å². The van der Waals surface area contributed by atoms with Gasteiger partial charge in [0.2, 0.25) is 0 Å². The van der Waals surface area contributed by atoms with Gasteiger partial charge in [0, 0.05) is 0 Å². The molecule has 0 aliphatic carbocycles. The van der Waals surface area contributed by atoms with E-state index in [2.05, 4.69) is 0 Å². The van der Waals surface area contributed by atoms with Crippen molar-refractivity contribution < 1.29 is 17.6 Å². The third kappa shape index (κ3) is 0.956. The number of benzene rings is 1. The van der Waals surface area contributed by atoms with E-state index in [4.69, 9.17) is 11.5 Å². The summed E-state index contributed by atoms with van der Waals surface area (Å²) in [7, 11) is 0. The van der Waals surface area contributed by atoms with Crippen LogP contribution in [-0.4, -0.2) is 0 Å². The average molecular weight is 180 g/mol. The van der Waals surface area contributed by atoms with Crippen LogP contribution in [0.5, 0.6) is 0 Å². The highest BCUT2D eigenvalue weighted by molar-refractivity contribution is 5.64. The van der Waals surface area contributed by atoms with Gasteiger partial charge in [-0.05, 0) is 0 Å². The summed E-state index contributed by atoms with van der Waals surface area (Å²) in [6.45, 7) is 0. The largest absolute Gasteiger partial charge is 0.394 e. The zero-order chi connectivity index (χ0) is 9.46. The number of hydrogen-bond donors (Lipinski definition) is 2. The lowest BCUT2D eigenvalue weighted by Crippen LogP contribution is -2.07. The highest BCUT2D eigenvalue weighted by Gasteiger charge is 2.21. The van der Waals surface area contributed by atoms with Crippen molar-refractivity contribution in [2.75, 3.05) is 11.5 Å². The van der Waals surface area contributed by atoms with E-state index in [1.165, 1.54) is 0 Å². The molecule has 0 fully saturated rings. The molecule has 4 N–H and O–H groups in total. The minimum Gasteiger partial charge on any atom is -0.394 e. The molecule has 1 aromatic rings. The Morgan fingerprint density at radius 1 is 0.583 bits per heavy atom. The van der Waals surface area contributed by atoms with Gasteiger partial charge in [0.1, 0.15) is 0 Å². The number of nitrogens with two attached hydrogens (primary N) is 2. The number of nitrogen functional groups attached to an aromatic ring is 2. The van der Waals surface area contributed by atoms with Crippen molar-refractivity contribution in [1.82, 2.24) is 0 Å². The topological polar surface area (TPSA) is 52.0 Å². The quantitative estimate of drug-likeness (QED) is 0.274. The van der Waals surface area contributed by atoms with Gasteiger partial charge in [-0.3, -0.25) is 0 Å². The van der Waals surface area contributed by atoms with E-state index in [0.717, 1.165) is 0 Å². The van der Waals surface area contributed by atoms with Crippen molar-refractivity contribution in [3.05, 3.63) is 23.3 Å². The van der Waals surface area contributed by atoms with Crippen molar-refractivity contribution in [1.29, 1.82) is 0 Å². The Kier molecular flexibility index (Phi) is 1.83. The molecule has 6 heteroatoms. The molecular formula is C6H4F4N2. The van der Waals surface area contributed by atoms with Gasteiger partial charge in [-0.15, -0.1) is 0 Å². The summed E-state index contributed by atoms with van der Waals surface area (Å²) in [4.78, 5) is 0. The van der Waals surface area contributed by atoms with Crippen molar-refractivity contribution in [2.24, 2.45) is 0 Å². The van der Waals surface area contributed by atoms with Gasteiger partial charge in [0.05, 0.1) is 11.4 Å². The summed E-state index contributed by atoms with van der Waals surface area (Å²) in [5, 5.41) is 0. The van der Waals surface area contributed by atoms with Crippen LogP contribution in [0.1, 0.15) is 0 Å². The highest BCUT2D eigenvalue weighted by Crippen LogP contribution is 2.27. The normalized spacial score (nSPS) is 10.3. The Balaban J connectivity index is 3.60.